The van der Waals surface area contributed by atoms with Crippen molar-refractivity contribution in [3.8, 4) is 5.75 Å². The average molecular weight is 694 g/mol. The molecule has 3 heterocycles. The molecule has 1 aliphatic carbocycles. The number of anilines is 2. The minimum Gasteiger partial charge on any atom is -0.429 e. The summed E-state index contributed by atoms with van der Waals surface area (Å²) in [5.74, 6) is -3.63. The minimum atomic E-state index is -3.57. The molecule has 1 aromatic heterocycles. The Morgan fingerprint density at radius 1 is 1.04 bits per heavy atom. The Balaban J connectivity index is 1.07. The number of hydrogen-bond donors (Lipinski definition) is 1. The number of benzene rings is 3. The molecule has 14 heteroatoms. The zero-order valence-corrected chi connectivity index (χ0v) is 26.7. The molecule has 2 amide bonds. The Labute approximate surface area is 283 Å². The summed E-state index contributed by atoms with van der Waals surface area (Å²) in [6.45, 7) is 3.53. The lowest BCUT2D eigenvalue weighted by Gasteiger charge is -2.42. The van der Waals surface area contributed by atoms with E-state index in [0.29, 0.717) is 43.6 Å². The van der Waals surface area contributed by atoms with E-state index in [-0.39, 0.29) is 47.8 Å². The number of fused-ring (bicyclic) bond motifs is 3. The first kappa shape index (κ1) is 33.2. The lowest BCUT2D eigenvalue weighted by molar-refractivity contribution is -0.173. The van der Waals surface area contributed by atoms with Crippen molar-refractivity contribution in [2.45, 2.75) is 55.6 Å². The van der Waals surface area contributed by atoms with Crippen LogP contribution in [0.5, 0.6) is 5.75 Å². The van der Waals surface area contributed by atoms with Gasteiger partial charge in [-0.15, -0.1) is 10.2 Å². The molecule has 3 aliphatic rings. The number of aromatic nitrogens is 2. The van der Waals surface area contributed by atoms with Crippen molar-refractivity contribution < 1.29 is 40.7 Å². The summed E-state index contributed by atoms with van der Waals surface area (Å²) in [5.41, 5.74) is 2.58. The van der Waals surface area contributed by atoms with Gasteiger partial charge in [0.15, 0.2) is 17.4 Å². The molecule has 2 aliphatic heterocycles. The van der Waals surface area contributed by atoms with Crippen LogP contribution in [-0.2, 0) is 21.4 Å². The summed E-state index contributed by atoms with van der Waals surface area (Å²) < 4.78 is 81.3. The summed E-state index contributed by atoms with van der Waals surface area (Å²) in [6.07, 6.45) is 0.468. The van der Waals surface area contributed by atoms with Gasteiger partial charge in [0.1, 0.15) is 18.4 Å². The summed E-state index contributed by atoms with van der Waals surface area (Å²) in [7, 11) is 0. The van der Waals surface area contributed by atoms with Crippen LogP contribution in [0.15, 0.2) is 78.1 Å². The molecule has 260 valence electrons. The summed E-state index contributed by atoms with van der Waals surface area (Å²) >= 11 is 0. The Morgan fingerprint density at radius 3 is 2.56 bits per heavy atom. The first-order chi connectivity index (χ1) is 23.9. The molecule has 1 N–H and O–H groups in total. The summed E-state index contributed by atoms with van der Waals surface area (Å²) in [6, 6.07) is 12.1. The van der Waals surface area contributed by atoms with Crippen molar-refractivity contribution in [3.05, 3.63) is 114 Å². The third-order valence-corrected chi connectivity index (χ3v) is 9.89. The number of halogens is 5. The van der Waals surface area contributed by atoms with Crippen LogP contribution in [0.1, 0.15) is 60.2 Å². The number of rotatable bonds is 8. The third kappa shape index (κ3) is 6.41. The Morgan fingerprint density at radius 2 is 1.84 bits per heavy atom. The van der Waals surface area contributed by atoms with Crippen LogP contribution in [-0.4, -0.2) is 47.8 Å². The molecule has 4 aromatic rings. The van der Waals surface area contributed by atoms with Crippen LogP contribution in [0.4, 0.5) is 33.3 Å². The highest BCUT2D eigenvalue weighted by Crippen LogP contribution is 2.53. The molecular weight excluding hydrogens is 661 g/mol. The van der Waals surface area contributed by atoms with Crippen LogP contribution in [0.3, 0.4) is 0 Å². The van der Waals surface area contributed by atoms with Crippen molar-refractivity contribution in [1.82, 2.24) is 15.5 Å². The third-order valence-electron chi connectivity index (χ3n) is 9.89. The smallest absolute Gasteiger partial charge is 0.416 e. The van der Waals surface area contributed by atoms with Gasteiger partial charge in [-0.2, -0.15) is 8.78 Å². The van der Waals surface area contributed by atoms with Crippen molar-refractivity contribution in [2.24, 2.45) is 0 Å². The van der Waals surface area contributed by atoms with E-state index in [4.69, 9.17) is 9.15 Å². The number of nitrogens with zero attached hydrogens (tertiary/aromatic N) is 4. The molecule has 0 unspecified atom stereocenters. The Hall–Kier alpha value is -5.27. The molecule has 50 heavy (non-hydrogen) atoms. The van der Waals surface area contributed by atoms with Gasteiger partial charge in [0.25, 0.3) is 5.91 Å². The van der Waals surface area contributed by atoms with E-state index in [0.717, 1.165) is 40.6 Å². The predicted molar refractivity (Wildman–Crippen MR) is 171 cm³/mol. The highest BCUT2D eigenvalue weighted by atomic mass is 19.3. The van der Waals surface area contributed by atoms with Crippen LogP contribution >= 0.6 is 0 Å². The fourth-order valence-electron chi connectivity index (χ4n) is 7.57. The number of hydrogen-bond acceptors (Lipinski definition) is 7. The maximum absolute atomic E-state index is 14.7. The first-order valence-corrected chi connectivity index (χ1v) is 16.1. The quantitative estimate of drug-likeness (QED) is 0.166. The second-order valence-corrected chi connectivity index (χ2v) is 13.0. The van der Waals surface area contributed by atoms with Crippen LogP contribution < -0.4 is 19.9 Å². The van der Waals surface area contributed by atoms with E-state index in [9.17, 15) is 31.5 Å². The normalized spacial score (nSPS) is 19.3. The monoisotopic (exact) mass is 693 g/mol. The SMILES string of the molecule is C=CC(=O)N1CC(F)(F)Oc2cc(N3CCC4(CC3)C[C@@H](CC(=O)N[C@H](Cc3ccc(F)c(F)c3)c3nnco3)c3ccc(F)cc34)ccc21. The molecule has 7 rings (SSSR count). The number of carbonyl (C=O) groups excluding carboxylic acids is 2. The van der Waals surface area contributed by atoms with Gasteiger partial charge in [0.05, 0.1) is 5.69 Å². The van der Waals surface area contributed by atoms with Crippen molar-refractivity contribution >= 4 is 23.2 Å². The van der Waals surface area contributed by atoms with E-state index in [1.54, 1.807) is 18.2 Å². The largest absolute Gasteiger partial charge is 0.429 e. The number of piperidine rings is 1. The molecule has 0 bridgehead atoms. The molecule has 9 nitrogen and oxygen atoms in total. The van der Waals surface area contributed by atoms with Crippen molar-refractivity contribution in [2.75, 3.05) is 29.4 Å². The summed E-state index contributed by atoms with van der Waals surface area (Å²) in [4.78, 5) is 28.8. The molecule has 1 saturated heterocycles. The van der Waals surface area contributed by atoms with Crippen LogP contribution in [0.2, 0.25) is 0 Å². The number of alkyl halides is 2. The van der Waals surface area contributed by atoms with E-state index < -0.39 is 41.7 Å². The van der Waals surface area contributed by atoms with Gasteiger partial charge in [0, 0.05) is 37.7 Å². The average Bonchev–Trinajstić information content (AvgIpc) is 3.72. The molecule has 0 radical (unpaired) electrons. The fraction of sp³-hybridized carbons (Fsp3) is 0.333. The molecule has 0 saturated carbocycles. The van der Waals surface area contributed by atoms with Gasteiger partial charge in [0.2, 0.25) is 18.2 Å². The van der Waals surface area contributed by atoms with Gasteiger partial charge < -0.3 is 19.4 Å². The lowest BCUT2D eigenvalue weighted by Crippen LogP contribution is -2.47. The van der Waals surface area contributed by atoms with E-state index in [1.165, 1.54) is 24.3 Å². The number of amides is 2. The molecule has 2 atom stereocenters. The van der Waals surface area contributed by atoms with E-state index in [2.05, 4.69) is 22.1 Å². The maximum atomic E-state index is 14.7. The standard InChI is InChI=1S/C36H32F5N5O4/c1-2-33(48)46-19-36(40,41)50-31-17-24(5-8-30(31)46)45-11-9-35(10-12-45)18-22(25-6-4-23(37)16-26(25)35)15-32(47)43-29(34-44-42-20-49-34)14-21-3-7-27(38)28(39)13-21/h2-8,13,16-17,20,22,29H,1,9-12,14-15,18-19H2,(H,43,47)/t22-,29-/m1/s1. The van der Waals surface area contributed by atoms with Gasteiger partial charge in [-0.05, 0) is 89.8 Å². The minimum absolute atomic E-state index is 0.0722. The Kier molecular flexibility index (Phi) is 8.56. The van der Waals surface area contributed by atoms with Crippen molar-refractivity contribution in [1.29, 1.82) is 0 Å². The summed E-state index contributed by atoms with van der Waals surface area (Å²) in [5, 5.41) is 10.5. The molecule has 3 aromatic carbocycles. The van der Waals surface area contributed by atoms with Gasteiger partial charge in [-0.1, -0.05) is 18.7 Å². The second kappa shape index (κ2) is 12.9. The predicted octanol–water partition coefficient (Wildman–Crippen LogP) is 6.51. The molecule has 1 spiro atoms. The first-order valence-electron chi connectivity index (χ1n) is 16.1. The van der Waals surface area contributed by atoms with Crippen molar-refractivity contribution in [3.63, 3.8) is 0 Å². The zero-order valence-electron chi connectivity index (χ0n) is 26.7. The number of ether oxygens (including phenoxy) is 1. The number of nitrogens with one attached hydrogen (secondary N) is 1. The maximum Gasteiger partial charge on any atom is 0.416 e. The van der Waals surface area contributed by atoms with Gasteiger partial charge in [-0.3, -0.25) is 14.5 Å². The zero-order chi connectivity index (χ0) is 35.2. The highest BCUT2D eigenvalue weighted by molar-refractivity contribution is 6.02. The van der Waals surface area contributed by atoms with E-state index >= 15 is 0 Å². The van der Waals surface area contributed by atoms with Crippen LogP contribution in [0.25, 0.3) is 0 Å². The van der Waals surface area contributed by atoms with E-state index in [1.807, 2.05) is 4.90 Å². The molecule has 1 fully saturated rings. The lowest BCUT2D eigenvalue weighted by atomic mass is 9.73. The highest BCUT2D eigenvalue weighted by Gasteiger charge is 2.47. The number of carbonyl (C=O) groups is 2. The van der Waals surface area contributed by atoms with Gasteiger partial charge >= 0.3 is 6.11 Å². The Bertz CT molecular complexity index is 1950. The second-order valence-electron chi connectivity index (χ2n) is 13.0. The van der Waals surface area contributed by atoms with Crippen LogP contribution in [0, 0.1) is 17.5 Å². The molecular formula is C36H32F5N5O4. The fourth-order valence-corrected chi connectivity index (χ4v) is 7.57. The van der Waals surface area contributed by atoms with Gasteiger partial charge in [-0.25, -0.2) is 13.2 Å². The topological polar surface area (TPSA) is 101 Å².